The van der Waals surface area contributed by atoms with E-state index < -0.39 is 17.4 Å². The summed E-state index contributed by atoms with van der Waals surface area (Å²) in [5, 5.41) is 0. The minimum absolute atomic E-state index is 0.0178. The van der Waals surface area contributed by atoms with E-state index in [1.807, 2.05) is 25.7 Å². The van der Waals surface area contributed by atoms with Crippen LogP contribution in [-0.4, -0.2) is 41.8 Å². The number of carbonyl (C=O) groups excluding carboxylic acids is 2. The number of benzene rings is 1. The molecule has 2 aliphatic heterocycles. The third kappa shape index (κ3) is 3.55. The van der Waals surface area contributed by atoms with Gasteiger partial charge in [-0.25, -0.2) is 14.0 Å². The fourth-order valence-corrected chi connectivity index (χ4v) is 4.18. The number of carbonyl (C=O) groups is 2. The van der Waals surface area contributed by atoms with E-state index in [4.69, 9.17) is 4.74 Å². The van der Waals surface area contributed by atoms with Crippen molar-refractivity contribution < 1.29 is 23.5 Å². The number of rotatable bonds is 2. The van der Waals surface area contributed by atoms with Crippen LogP contribution >= 0.6 is 0 Å². The normalized spacial score (nSPS) is 25.1. The Bertz CT molecular complexity index is 698. The van der Waals surface area contributed by atoms with Crippen LogP contribution in [0.4, 0.5) is 9.18 Å². The summed E-state index contributed by atoms with van der Waals surface area (Å²) in [5.41, 5.74) is -0.0329. The van der Waals surface area contributed by atoms with Crippen LogP contribution in [0.3, 0.4) is 0 Å². The van der Waals surface area contributed by atoms with Gasteiger partial charge in [-0.1, -0.05) is 12.1 Å². The molecule has 0 N–H and O–H groups in total. The molecule has 2 aliphatic rings. The highest BCUT2D eigenvalue weighted by Crippen LogP contribution is 2.44. The maximum atomic E-state index is 14.8. The van der Waals surface area contributed by atoms with E-state index in [0.717, 1.165) is 12.8 Å². The molecule has 0 radical (unpaired) electrons. The molecule has 1 aromatic carbocycles. The first-order valence-corrected chi connectivity index (χ1v) is 9.09. The first-order chi connectivity index (χ1) is 12.2. The molecule has 2 atom stereocenters. The number of piperidine rings is 1. The summed E-state index contributed by atoms with van der Waals surface area (Å²) >= 11 is 0. The molecule has 142 valence electrons. The molecule has 3 rings (SSSR count). The maximum Gasteiger partial charge on any atom is 0.410 e. The first-order valence-electron chi connectivity index (χ1n) is 9.09. The molecule has 2 fully saturated rings. The van der Waals surface area contributed by atoms with Crippen molar-refractivity contribution in [1.29, 1.82) is 0 Å². The summed E-state index contributed by atoms with van der Waals surface area (Å²) in [4.78, 5) is 26.1. The van der Waals surface area contributed by atoms with Gasteiger partial charge in [-0.15, -0.1) is 0 Å². The second kappa shape index (κ2) is 6.89. The monoisotopic (exact) mass is 363 g/mol. The average Bonchev–Trinajstić information content (AvgIpc) is 2.83. The van der Waals surface area contributed by atoms with Gasteiger partial charge in [-0.3, -0.25) is 0 Å². The predicted molar refractivity (Wildman–Crippen MR) is 94.6 cm³/mol. The maximum absolute atomic E-state index is 14.8. The van der Waals surface area contributed by atoms with Crippen molar-refractivity contribution in [1.82, 2.24) is 4.90 Å². The van der Waals surface area contributed by atoms with Gasteiger partial charge in [-0.05, 0) is 64.0 Å². The molecule has 0 aliphatic carbocycles. The van der Waals surface area contributed by atoms with Gasteiger partial charge < -0.3 is 14.4 Å². The summed E-state index contributed by atoms with van der Waals surface area (Å²) in [6.45, 7) is 5.56. The largest absolute Gasteiger partial charge is 0.465 e. The molecule has 2 saturated heterocycles. The van der Waals surface area contributed by atoms with Gasteiger partial charge in [0.25, 0.3) is 0 Å². The SMILES string of the molecule is COC(=O)c1cccc(C2CC3CCC(C2)N3C(=O)OC(C)(C)C)c1F. The standard InChI is InChI=1S/C20H26FNO4/c1-20(2,3)26-19(24)22-13-8-9-14(22)11-12(10-13)15-6-5-7-16(17(15)21)18(23)25-4/h5-7,12-14H,8-11H2,1-4H3. The lowest BCUT2D eigenvalue weighted by molar-refractivity contribution is 0.00575. The van der Waals surface area contributed by atoms with Gasteiger partial charge in [-0.2, -0.15) is 0 Å². The van der Waals surface area contributed by atoms with Crippen molar-refractivity contribution in [3.8, 4) is 0 Å². The molecule has 26 heavy (non-hydrogen) atoms. The number of nitrogens with zero attached hydrogens (tertiary/aromatic N) is 1. The van der Waals surface area contributed by atoms with Crippen molar-refractivity contribution >= 4 is 12.1 Å². The third-order valence-electron chi connectivity index (χ3n) is 5.21. The lowest BCUT2D eigenvalue weighted by Gasteiger charge is -2.39. The quantitative estimate of drug-likeness (QED) is 0.737. The number of halogens is 1. The smallest absolute Gasteiger partial charge is 0.410 e. The van der Waals surface area contributed by atoms with Crippen molar-refractivity contribution in [2.24, 2.45) is 0 Å². The predicted octanol–water partition coefficient (Wildman–Crippen LogP) is 4.26. The second-order valence-corrected chi connectivity index (χ2v) is 8.14. The Morgan fingerprint density at radius 3 is 2.31 bits per heavy atom. The van der Waals surface area contributed by atoms with Crippen LogP contribution in [0.15, 0.2) is 18.2 Å². The summed E-state index contributed by atoms with van der Waals surface area (Å²) < 4.78 is 25.0. The van der Waals surface area contributed by atoms with E-state index in [9.17, 15) is 14.0 Å². The van der Waals surface area contributed by atoms with E-state index in [1.165, 1.54) is 13.2 Å². The summed E-state index contributed by atoms with van der Waals surface area (Å²) in [6.07, 6.45) is 2.87. The van der Waals surface area contributed by atoms with E-state index >= 15 is 0 Å². The summed E-state index contributed by atoms with van der Waals surface area (Å²) in [6, 6.07) is 4.96. The van der Waals surface area contributed by atoms with Crippen LogP contribution in [0, 0.1) is 5.82 Å². The van der Waals surface area contributed by atoms with Crippen LogP contribution in [-0.2, 0) is 9.47 Å². The topological polar surface area (TPSA) is 55.8 Å². The number of hydrogen-bond donors (Lipinski definition) is 0. The van der Waals surface area contributed by atoms with E-state index in [2.05, 4.69) is 4.74 Å². The molecular formula is C20H26FNO4. The van der Waals surface area contributed by atoms with E-state index in [-0.39, 0.29) is 29.7 Å². The fourth-order valence-electron chi connectivity index (χ4n) is 4.18. The van der Waals surface area contributed by atoms with E-state index in [1.54, 1.807) is 12.1 Å². The molecule has 5 nitrogen and oxygen atoms in total. The Hall–Kier alpha value is -2.11. The number of esters is 1. The number of hydrogen-bond acceptors (Lipinski definition) is 4. The Kier molecular flexibility index (Phi) is 4.95. The van der Waals surface area contributed by atoms with Gasteiger partial charge in [0.15, 0.2) is 0 Å². The highest BCUT2D eigenvalue weighted by Gasteiger charge is 2.45. The lowest BCUT2D eigenvalue weighted by atomic mass is 9.84. The summed E-state index contributed by atoms with van der Waals surface area (Å²) in [5.74, 6) is -1.19. The second-order valence-electron chi connectivity index (χ2n) is 8.14. The summed E-state index contributed by atoms with van der Waals surface area (Å²) in [7, 11) is 1.24. The molecule has 1 amide bonds. The molecule has 2 bridgehead atoms. The van der Waals surface area contributed by atoms with Gasteiger partial charge in [0.2, 0.25) is 0 Å². The zero-order chi connectivity index (χ0) is 19.1. The minimum atomic E-state index is -0.668. The van der Waals surface area contributed by atoms with Gasteiger partial charge in [0.1, 0.15) is 11.4 Å². The average molecular weight is 363 g/mol. The first kappa shape index (κ1) is 18.7. The van der Waals surface area contributed by atoms with Crippen LogP contribution in [0.1, 0.15) is 68.3 Å². The molecule has 2 unspecified atom stereocenters. The molecule has 0 saturated carbocycles. The van der Waals surface area contributed by atoms with Crippen molar-refractivity contribution in [2.75, 3.05) is 7.11 Å². The zero-order valence-electron chi connectivity index (χ0n) is 15.8. The zero-order valence-corrected chi connectivity index (χ0v) is 15.8. The van der Waals surface area contributed by atoms with Crippen molar-refractivity contribution in [3.63, 3.8) is 0 Å². The van der Waals surface area contributed by atoms with Gasteiger partial charge in [0.05, 0.1) is 12.7 Å². The number of ether oxygens (including phenoxy) is 2. The Labute approximate surface area is 153 Å². The highest BCUT2D eigenvalue weighted by atomic mass is 19.1. The molecule has 6 heteroatoms. The number of fused-ring (bicyclic) bond motifs is 2. The molecular weight excluding hydrogens is 337 g/mol. The molecule has 2 heterocycles. The highest BCUT2D eigenvalue weighted by molar-refractivity contribution is 5.89. The Morgan fingerprint density at radius 2 is 1.77 bits per heavy atom. The van der Waals surface area contributed by atoms with Crippen molar-refractivity contribution in [2.45, 2.75) is 70.1 Å². The van der Waals surface area contributed by atoms with E-state index in [0.29, 0.717) is 18.4 Å². The van der Waals surface area contributed by atoms with Gasteiger partial charge in [0, 0.05) is 12.1 Å². The lowest BCUT2D eigenvalue weighted by Crippen LogP contribution is -2.48. The minimum Gasteiger partial charge on any atom is -0.465 e. The molecule has 0 aromatic heterocycles. The van der Waals surface area contributed by atoms with Crippen LogP contribution in [0.25, 0.3) is 0 Å². The van der Waals surface area contributed by atoms with Gasteiger partial charge >= 0.3 is 12.1 Å². The molecule has 0 spiro atoms. The third-order valence-corrected chi connectivity index (χ3v) is 5.21. The molecule has 1 aromatic rings. The van der Waals surface area contributed by atoms with Crippen LogP contribution < -0.4 is 0 Å². The fraction of sp³-hybridized carbons (Fsp3) is 0.600. The number of amides is 1. The van der Waals surface area contributed by atoms with Crippen molar-refractivity contribution in [3.05, 3.63) is 35.1 Å². The number of methoxy groups -OCH3 is 1. The van der Waals surface area contributed by atoms with Crippen LogP contribution in [0.5, 0.6) is 0 Å². The van der Waals surface area contributed by atoms with Crippen LogP contribution in [0.2, 0.25) is 0 Å². The Balaban J connectivity index is 1.80. The Morgan fingerprint density at radius 1 is 1.15 bits per heavy atom.